The molecule has 0 heterocycles. The second kappa shape index (κ2) is 5.82. The van der Waals surface area contributed by atoms with Gasteiger partial charge in [-0.2, -0.15) is 0 Å². The molecule has 1 atom stereocenters. The summed E-state index contributed by atoms with van der Waals surface area (Å²) in [6, 6.07) is 5.56. The van der Waals surface area contributed by atoms with Crippen LogP contribution in [0.2, 0.25) is 0 Å². The number of amides is 1. The monoisotopic (exact) mass is 234 g/mol. The summed E-state index contributed by atoms with van der Waals surface area (Å²) in [5, 5.41) is 2.89. The molecule has 0 saturated heterocycles. The van der Waals surface area contributed by atoms with Crippen LogP contribution in [0.3, 0.4) is 0 Å². The Kier molecular flexibility index (Phi) is 4.70. The van der Waals surface area contributed by atoms with E-state index < -0.39 is 6.04 Å². The van der Waals surface area contributed by atoms with Gasteiger partial charge >= 0.3 is 0 Å². The van der Waals surface area contributed by atoms with Crippen molar-refractivity contribution >= 4 is 11.6 Å². The summed E-state index contributed by atoms with van der Waals surface area (Å²) in [5.41, 5.74) is 8.88. The van der Waals surface area contributed by atoms with Crippen LogP contribution in [0.15, 0.2) is 18.2 Å². The topological polar surface area (TPSA) is 55.1 Å². The highest BCUT2D eigenvalue weighted by molar-refractivity contribution is 5.95. The first-order valence-corrected chi connectivity index (χ1v) is 6.04. The average molecular weight is 234 g/mol. The summed E-state index contributed by atoms with van der Waals surface area (Å²) < 4.78 is 0. The van der Waals surface area contributed by atoms with E-state index in [1.54, 1.807) is 0 Å². The molecule has 94 valence electrons. The van der Waals surface area contributed by atoms with Crippen molar-refractivity contribution in [1.29, 1.82) is 0 Å². The van der Waals surface area contributed by atoms with Gasteiger partial charge in [-0.3, -0.25) is 4.79 Å². The van der Waals surface area contributed by atoms with E-state index in [0.717, 1.165) is 16.8 Å². The summed E-state index contributed by atoms with van der Waals surface area (Å²) >= 11 is 0. The lowest BCUT2D eigenvalue weighted by Gasteiger charge is -2.15. The number of benzene rings is 1. The lowest BCUT2D eigenvalue weighted by molar-refractivity contribution is -0.117. The van der Waals surface area contributed by atoms with Gasteiger partial charge in [0.15, 0.2) is 0 Å². The number of nitrogens with two attached hydrogens (primary N) is 1. The number of nitrogens with one attached hydrogen (secondary N) is 1. The molecule has 1 aromatic carbocycles. The van der Waals surface area contributed by atoms with Crippen molar-refractivity contribution in [2.24, 2.45) is 11.7 Å². The van der Waals surface area contributed by atoms with Crippen LogP contribution in [0.5, 0.6) is 0 Å². The fourth-order valence-corrected chi connectivity index (χ4v) is 1.71. The molecule has 0 aliphatic rings. The largest absolute Gasteiger partial charge is 0.324 e. The number of hydrogen-bond donors (Lipinski definition) is 2. The van der Waals surface area contributed by atoms with E-state index in [9.17, 15) is 4.79 Å². The number of carbonyl (C=O) groups is 1. The van der Waals surface area contributed by atoms with Crippen LogP contribution in [0, 0.1) is 19.8 Å². The normalized spacial score (nSPS) is 12.6. The zero-order chi connectivity index (χ0) is 13.0. The van der Waals surface area contributed by atoms with Crippen LogP contribution in [0.1, 0.15) is 31.4 Å². The molecule has 1 amide bonds. The predicted octanol–water partition coefficient (Wildman–Crippen LogP) is 2.62. The number of aryl methyl sites for hydroxylation is 2. The Bertz CT molecular complexity index is 399. The highest BCUT2D eigenvalue weighted by atomic mass is 16.2. The van der Waals surface area contributed by atoms with Crippen molar-refractivity contribution in [2.75, 3.05) is 5.32 Å². The molecule has 1 rings (SSSR count). The van der Waals surface area contributed by atoms with Crippen molar-refractivity contribution in [3.63, 3.8) is 0 Å². The molecular weight excluding hydrogens is 212 g/mol. The Morgan fingerprint density at radius 1 is 1.35 bits per heavy atom. The van der Waals surface area contributed by atoms with Gasteiger partial charge in [0.2, 0.25) is 5.91 Å². The zero-order valence-corrected chi connectivity index (χ0v) is 11.1. The van der Waals surface area contributed by atoms with Crippen molar-refractivity contribution < 1.29 is 4.79 Å². The molecular formula is C14H22N2O. The minimum absolute atomic E-state index is 0.104. The summed E-state index contributed by atoms with van der Waals surface area (Å²) in [6.45, 7) is 8.10. The van der Waals surface area contributed by atoms with Gasteiger partial charge in [0.05, 0.1) is 6.04 Å². The first-order chi connectivity index (χ1) is 7.90. The summed E-state index contributed by atoms with van der Waals surface area (Å²) in [7, 11) is 0. The molecule has 3 nitrogen and oxygen atoms in total. The Morgan fingerprint density at radius 2 is 2.00 bits per heavy atom. The van der Waals surface area contributed by atoms with Crippen LogP contribution in [-0.4, -0.2) is 11.9 Å². The van der Waals surface area contributed by atoms with Crippen LogP contribution >= 0.6 is 0 Å². The molecule has 17 heavy (non-hydrogen) atoms. The molecule has 0 fully saturated rings. The number of hydrogen-bond acceptors (Lipinski definition) is 2. The van der Waals surface area contributed by atoms with Crippen LogP contribution in [0.4, 0.5) is 5.69 Å². The van der Waals surface area contributed by atoms with Crippen LogP contribution in [-0.2, 0) is 4.79 Å². The first kappa shape index (κ1) is 13.7. The van der Waals surface area contributed by atoms with Crippen LogP contribution < -0.4 is 11.1 Å². The second-order valence-corrected chi connectivity index (χ2v) is 5.04. The van der Waals surface area contributed by atoms with E-state index in [4.69, 9.17) is 5.73 Å². The Balaban J connectivity index is 2.70. The molecule has 1 aromatic rings. The fraction of sp³-hybridized carbons (Fsp3) is 0.500. The van der Waals surface area contributed by atoms with E-state index in [2.05, 4.69) is 19.2 Å². The standard InChI is InChI=1S/C14H22N2O/c1-9(2)7-12(15)14(17)16-13-8-10(3)5-6-11(13)4/h5-6,8-9,12H,7,15H2,1-4H3,(H,16,17)/t12-/m1/s1. The van der Waals surface area contributed by atoms with Gasteiger partial charge < -0.3 is 11.1 Å². The van der Waals surface area contributed by atoms with E-state index in [1.807, 2.05) is 32.0 Å². The third-order valence-electron chi connectivity index (χ3n) is 2.71. The molecule has 0 aromatic heterocycles. The lowest BCUT2D eigenvalue weighted by Crippen LogP contribution is -2.36. The number of carbonyl (C=O) groups excluding carboxylic acids is 1. The van der Waals surface area contributed by atoms with Gasteiger partial charge in [-0.05, 0) is 43.4 Å². The molecule has 3 N–H and O–H groups in total. The smallest absolute Gasteiger partial charge is 0.241 e. The minimum Gasteiger partial charge on any atom is -0.324 e. The zero-order valence-electron chi connectivity index (χ0n) is 11.1. The van der Waals surface area contributed by atoms with Gasteiger partial charge in [0.25, 0.3) is 0 Å². The van der Waals surface area contributed by atoms with Crippen LogP contribution in [0.25, 0.3) is 0 Å². The molecule has 0 radical (unpaired) electrons. The average Bonchev–Trinajstić information content (AvgIpc) is 2.22. The predicted molar refractivity (Wildman–Crippen MR) is 72.0 cm³/mol. The summed E-state index contributed by atoms with van der Waals surface area (Å²) in [6.07, 6.45) is 0.705. The lowest BCUT2D eigenvalue weighted by atomic mass is 10.0. The number of rotatable bonds is 4. The maximum absolute atomic E-state index is 11.9. The van der Waals surface area contributed by atoms with Crippen molar-refractivity contribution in [1.82, 2.24) is 0 Å². The highest BCUT2D eigenvalue weighted by Crippen LogP contribution is 2.17. The molecule has 0 aliphatic carbocycles. The van der Waals surface area contributed by atoms with Crippen molar-refractivity contribution in [3.05, 3.63) is 29.3 Å². The first-order valence-electron chi connectivity index (χ1n) is 6.04. The molecule has 3 heteroatoms. The third-order valence-corrected chi connectivity index (χ3v) is 2.71. The molecule has 0 saturated carbocycles. The Labute approximate surface area is 103 Å². The summed E-state index contributed by atoms with van der Waals surface area (Å²) in [4.78, 5) is 11.9. The summed E-state index contributed by atoms with van der Waals surface area (Å²) in [5.74, 6) is 0.321. The SMILES string of the molecule is Cc1ccc(C)c(NC(=O)[C@H](N)CC(C)C)c1. The van der Waals surface area contributed by atoms with Gasteiger partial charge in [0, 0.05) is 5.69 Å². The van der Waals surface area contributed by atoms with Gasteiger partial charge in [0.1, 0.15) is 0 Å². The third kappa shape index (κ3) is 4.19. The van der Waals surface area contributed by atoms with E-state index in [-0.39, 0.29) is 5.91 Å². The number of anilines is 1. The quantitative estimate of drug-likeness (QED) is 0.841. The van der Waals surface area contributed by atoms with E-state index in [1.165, 1.54) is 0 Å². The van der Waals surface area contributed by atoms with Crippen molar-refractivity contribution in [2.45, 2.75) is 40.2 Å². The molecule has 0 aliphatic heterocycles. The maximum atomic E-state index is 11.9. The van der Waals surface area contributed by atoms with E-state index >= 15 is 0 Å². The maximum Gasteiger partial charge on any atom is 0.241 e. The Morgan fingerprint density at radius 3 is 2.59 bits per heavy atom. The van der Waals surface area contributed by atoms with Crippen molar-refractivity contribution in [3.8, 4) is 0 Å². The fourth-order valence-electron chi connectivity index (χ4n) is 1.71. The molecule has 0 bridgehead atoms. The van der Waals surface area contributed by atoms with E-state index in [0.29, 0.717) is 12.3 Å². The highest BCUT2D eigenvalue weighted by Gasteiger charge is 2.15. The van der Waals surface area contributed by atoms with Gasteiger partial charge in [-0.1, -0.05) is 26.0 Å². The minimum atomic E-state index is -0.435. The molecule has 0 spiro atoms. The Hall–Kier alpha value is -1.35. The van der Waals surface area contributed by atoms with Gasteiger partial charge in [-0.15, -0.1) is 0 Å². The molecule has 0 unspecified atom stereocenters. The second-order valence-electron chi connectivity index (χ2n) is 5.04. The van der Waals surface area contributed by atoms with Gasteiger partial charge in [-0.25, -0.2) is 0 Å².